The number of para-hydroxylation sites is 1. The molecule has 4 heterocycles. The van der Waals surface area contributed by atoms with Gasteiger partial charge in [0.25, 0.3) is 0 Å². The summed E-state index contributed by atoms with van der Waals surface area (Å²) in [5, 5.41) is 19.5. The second-order valence-corrected chi connectivity index (χ2v) is 9.04. The summed E-state index contributed by atoms with van der Waals surface area (Å²) in [7, 11) is 0. The molecule has 2 aliphatic rings. The van der Waals surface area contributed by atoms with Gasteiger partial charge in [-0.1, -0.05) is 24.3 Å². The van der Waals surface area contributed by atoms with Crippen LogP contribution in [-0.2, 0) is 6.42 Å². The molecule has 170 valence electrons. The van der Waals surface area contributed by atoms with Crippen molar-refractivity contribution in [2.75, 3.05) is 29.0 Å². The van der Waals surface area contributed by atoms with E-state index in [2.05, 4.69) is 54.2 Å². The Hall–Kier alpha value is -3.91. The summed E-state index contributed by atoms with van der Waals surface area (Å²) in [6.07, 6.45) is 7.90. The van der Waals surface area contributed by atoms with E-state index in [-0.39, 0.29) is 6.04 Å². The maximum Gasteiger partial charge on any atom is 0.173 e. The van der Waals surface area contributed by atoms with Gasteiger partial charge in [0.05, 0.1) is 17.8 Å². The molecule has 1 unspecified atom stereocenters. The minimum Gasteiger partial charge on any atom is -0.363 e. The minimum absolute atomic E-state index is 0.264. The summed E-state index contributed by atoms with van der Waals surface area (Å²) < 4.78 is 0. The van der Waals surface area contributed by atoms with Crippen LogP contribution in [0.5, 0.6) is 0 Å². The van der Waals surface area contributed by atoms with Crippen molar-refractivity contribution in [3.05, 3.63) is 84.2 Å². The number of thiocarbonyl (C=S) groups is 1. The average Bonchev–Trinajstić information content (AvgIpc) is 3.52. The highest BCUT2D eigenvalue weighted by molar-refractivity contribution is 7.80. The summed E-state index contributed by atoms with van der Waals surface area (Å²) in [6.45, 7) is 1.72. The lowest BCUT2D eigenvalue weighted by molar-refractivity contribution is 0.443. The van der Waals surface area contributed by atoms with Gasteiger partial charge in [-0.15, -0.1) is 0 Å². The number of H-pyrrole nitrogens is 1. The Bertz CT molecular complexity index is 1380. The van der Waals surface area contributed by atoms with E-state index >= 15 is 0 Å². The fraction of sp³-hybridized carbons (Fsp3) is 0.192. The highest BCUT2D eigenvalue weighted by atomic mass is 32.1. The van der Waals surface area contributed by atoms with Gasteiger partial charge in [0.2, 0.25) is 0 Å². The number of nitrogens with zero attached hydrogens (tertiary/aromatic N) is 3. The summed E-state index contributed by atoms with van der Waals surface area (Å²) in [6, 6.07) is 18.6. The van der Waals surface area contributed by atoms with Crippen LogP contribution in [0, 0.1) is 0 Å². The Labute approximate surface area is 203 Å². The Morgan fingerprint density at radius 2 is 2.00 bits per heavy atom. The molecule has 0 saturated heterocycles. The molecule has 6 rings (SSSR count). The molecule has 0 spiro atoms. The Balaban J connectivity index is 1.13. The van der Waals surface area contributed by atoms with Crippen molar-refractivity contribution in [2.24, 2.45) is 0 Å². The number of anilines is 4. The van der Waals surface area contributed by atoms with Crippen LogP contribution in [0.15, 0.2) is 78.6 Å². The van der Waals surface area contributed by atoms with Gasteiger partial charge in [-0.2, -0.15) is 5.10 Å². The first-order chi connectivity index (χ1) is 16.7. The maximum atomic E-state index is 5.63. The number of aromatic nitrogens is 3. The van der Waals surface area contributed by atoms with Gasteiger partial charge in [0.1, 0.15) is 5.82 Å². The van der Waals surface area contributed by atoms with Crippen LogP contribution in [0.3, 0.4) is 0 Å². The fourth-order valence-electron chi connectivity index (χ4n) is 4.67. The summed E-state index contributed by atoms with van der Waals surface area (Å²) in [4.78, 5) is 6.82. The molecule has 7 nitrogen and oxygen atoms in total. The molecule has 8 heteroatoms. The molecule has 0 fully saturated rings. The van der Waals surface area contributed by atoms with Gasteiger partial charge in [-0.3, -0.25) is 5.10 Å². The molecule has 2 aromatic heterocycles. The number of aromatic amines is 1. The first-order valence-electron chi connectivity index (χ1n) is 11.5. The SMILES string of the molecule is S=C(Nc1ccccc1)N1CC=C(C2Cc3c(Nc4ccc5[nH]ncc5c4)ccnc3N2)CC1. The molecule has 34 heavy (non-hydrogen) atoms. The number of hydrogen-bond acceptors (Lipinski definition) is 5. The zero-order valence-electron chi connectivity index (χ0n) is 18.6. The molecule has 4 N–H and O–H groups in total. The molecular weight excluding hydrogens is 442 g/mol. The van der Waals surface area contributed by atoms with Crippen molar-refractivity contribution >= 4 is 51.1 Å². The molecule has 0 bridgehead atoms. The number of hydrogen-bond donors (Lipinski definition) is 4. The molecule has 0 radical (unpaired) electrons. The van der Waals surface area contributed by atoms with E-state index in [4.69, 9.17) is 12.2 Å². The van der Waals surface area contributed by atoms with Crippen LogP contribution in [0.25, 0.3) is 10.9 Å². The van der Waals surface area contributed by atoms with Crippen molar-refractivity contribution in [1.82, 2.24) is 20.1 Å². The van der Waals surface area contributed by atoms with Gasteiger partial charge >= 0.3 is 0 Å². The van der Waals surface area contributed by atoms with E-state index in [1.54, 1.807) is 0 Å². The third-order valence-corrected chi connectivity index (χ3v) is 6.86. The standard InChI is InChI=1S/C26H25N7S/c34-26(30-19-4-2-1-3-5-19)33-12-9-17(10-13-33)24-15-21-23(8-11-27-25(21)31-24)29-20-6-7-22-18(14-20)16-28-32-22/h1-9,11,14,16,24H,10,12-13,15H2,(H,28,32)(H,30,34)(H2,27,29,31). The number of fused-ring (bicyclic) bond motifs is 2. The molecule has 0 amide bonds. The van der Waals surface area contributed by atoms with Gasteiger partial charge in [0, 0.05) is 53.7 Å². The van der Waals surface area contributed by atoms with Crippen molar-refractivity contribution in [1.29, 1.82) is 0 Å². The number of pyridine rings is 1. The van der Waals surface area contributed by atoms with E-state index in [0.717, 1.165) is 64.8 Å². The van der Waals surface area contributed by atoms with E-state index < -0.39 is 0 Å². The monoisotopic (exact) mass is 467 g/mol. The molecular formula is C26H25N7S. The Kier molecular flexibility index (Phi) is 5.35. The predicted octanol–water partition coefficient (Wildman–Crippen LogP) is 5.07. The first kappa shape index (κ1) is 20.7. The zero-order chi connectivity index (χ0) is 22.9. The van der Waals surface area contributed by atoms with Gasteiger partial charge < -0.3 is 20.9 Å². The summed E-state index contributed by atoms with van der Waals surface area (Å²) in [5.41, 5.74) is 6.83. The quantitative estimate of drug-likeness (QED) is 0.247. The van der Waals surface area contributed by atoms with Crippen LogP contribution in [-0.4, -0.2) is 44.3 Å². The lowest BCUT2D eigenvalue weighted by atomic mass is 9.97. The average molecular weight is 468 g/mol. The lowest BCUT2D eigenvalue weighted by Crippen LogP contribution is -2.39. The van der Waals surface area contributed by atoms with E-state index in [0.29, 0.717) is 0 Å². The predicted molar refractivity (Wildman–Crippen MR) is 142 cm³/mol. The molecule has 0 aliphatic carbocycles. The molecule has 1 atom stereocenters. The number of benzene rings is 2. The molecule has 4 aromatic rings. The van der Waals surface area contributed by atoms with E-state index in [1.165, 1.54) is 11.1 Å². The zero-order valence-corrected chi connectivity index (χ0v) is 19.4. The topological polar surface area (TPSA) is 80.9 Å². The van der Waals surface area contributed by atoms with Crippen molar-refractivity contribution in [2.45, 2.75) is 18.9 Å². The molecule has 0 saturated carbocycles. The van der Waals surface area contributed by atoms with E-state index in [9.17, 15) is 0 Å². The Morgan fingerprint density at radius 1 is 1.09 bits per heavy atom. The Morgan fingerprint density at radius 3 is 2.85 bits per heavy atom. The second-order valence-electron chi connectivity index (χ2n) is 8.65. The molecule has 2 aromatic carbocycles. The third-order valence-electron chi connectivity index (χ3n) is 6.50. The minimum atomic E-state index is 0.264. The van der Waals surface area contributed by atoms with Crippen LogP contribution >= 0.6 is 12.2 Å². The van der Waals surface area contributed by atoms with Crippen LogP contribution in [0.2, 0.25) is 0 Å². The van der Waals surface area contributed by atoms with Crippen molar-refractivity contribution in [3.63, 3.8) is 0 Å². The molecule has 2 aliphatic heterocycles. The van der Waals surface area contributed by atoms with Gasteiger partial charge in [0.15, 0.2) is 5.11 Å². The van der Waals surface area contributed by atoms with Crippen molar-refractivity contribution < 1.29 is 0 Å². The summed E-state index contributed by atoms with van der Waals surface area (Å²) >= 11 is 5.63. The van der Waals surface area contributed by atoms with E-state index in [1.807, 2.05) is 54.9 Å². The fourth-order valence-corrected chi connectivity index (χ4v) is 4.95. The number of nitrogens with one attached hydrogen (secondary N) is 4. The summed E-state index contributed by atoms with van der Waals surface area (Å²) in [5.74, 6) is 0.962. The van der Waals surface area contributed by atoms with Crippen LogP contribution in [0.4, 0.5) is 22.9 Å². The largest absolute Gasteiger partial charge is 0.363 e. The maximum absolute atomic E-state index is 5.63. The smallest absolute Gasteiger partial charge is 0.173 e. The third kappa shape index (κ3) is 4.08. The highest BCUT2D eigenvalue weighted by Crippen LogP contribution is 2.35. The lowest BCUT2D eigenvalue weighted by Gasteiger charge is -2.31. The normalized spacial score (nSPS) is 17.1. The second kappa shape index (κ2) is 8.79. The van der Waals surface area contributed by atoms with Gasteiger partial charge in [-0.05, 0) is 60.6 Å². The first-order valence-corrected chi connectivity index (χ1v) is 11.9. The van der Waals surface area contributed by atoms with Crippen molar-refractivity contribution in [3.8, 4) is 0 Å². The van der Waals surface area contributed by atoms with Crippen LogP contribution < -0.4 is 16.0 Å². The highest BCUT2D eigenvalue weighted by Gasteiger charge is 2.29. The van der Waals surface area contributed by atoms with Crippen LogP contribution in [0.1, 0.15) is 12.0 Å². The van der Waals surface area contributed by atoms with Gasteiger partial charge in [-0.25, -0.2) is 4.98 Å². The number of rotatable bonds is 4.